The average Bonchev–Trinajstić information content (AvgIpc) is 2.72. The molecule has 0 atom stereocenters. The maximum Gasteiger partial charge on any atom is 0.259 e. The normalized spacial score (nSPS) is 17.1. The zero-order chi connectivity index (χ0) is 19.5. The minimum absolute atomic E-state index is 0.101. The Morgan fingerprint density at radius 2 is 1.86 bits per heavy atom. The molecule has 6 heteroatoms. The van der Waals surface area contributed by atoms with E-state index in [1.165, 1.54) is 24.2 Å². The number of anilines is 1. The van der Waals surface area contributed by atoms with Gasteiger partial charge in [-0.3, -0.25) is 4.79 Å². The van der Waals surface area contributed by atoms with Gasteiger partial charge in [-0.2, -0.15) is 0 Å². The predicted molar refractivity (Wildman–Crippen MR) is 108 cm³/mol. The second kappa shape index (κ2) is 8.35. The number of rotatable bonds is 4. The van der Waals surface area contributed by atoms with E-state index < -0.39 is 11.6 Å². The monoisotopic (exact) mass is 400 g/mol. The smallest absolute Gasteiger partial charge is 0.259 e. The summed E-state index contributed by atoms with van der Waals surface area (Å²) in [5.41, 5.74) is 1.13. The van der Waals surface area contributed by atoms with Crippen LogP contribution in [0.5, 0.6) is 0 Å². The minimum Gasteiger partial charge on any atom is -0.349 e. The zero-order valence-electron chi connectivity index (χ0n) is 15.5. The van der Waals surface area contributed by atoms with E-state index >= 15 is 0 Å². The van der Waals surface area contributed by atoms with Crippen LogP contribution in [0.1, 0.15) is 37.7 Å². The molecule has 0 aromatic heterocycles. The largest absolute Gasteiger partial charge is 0.349 e. The van der Waals surface area contributed by atoms with E-state index in [9.17, 15) is 13.6 Å². The van der Waals surface area contributed by atoms with E-state index in [0.717, 1.165) is 42.3 Å². The third kappa shape index (κ3) is 4.07. The van der Waals surface area contributed by atoms with Gasteiger partial charge in [-0.25, -0.2) is 8.78 Å². The van der Waals surface area contributed by atoms with Crippen molar-refractivity contribution < 1.29 is 13.6 Å². The van der Waals surface area contributed by atoms with Crippen molar-refractivity contribution in [1.82, 2.24) is 5.32 Å². The summed E-state index contributed by atoms with van der Waals surface area (Å²) in [5.74, 6) is -1.81. The molecule has 1 amide bonds. The highest BCUT2D eigenvalue weighted by molar-refractivity contribution is 8.04. The number of nitrogens with zero attached hydrogens (tertiary/aromatic N) is 1. The molecule has 1 N–H and O–H groups in total. The summed E-state index contributed by atoms with van der Waals surface area (Å²) in [7, 11) is 0. The van der Waals surface area contributed by atoms with Crippen LogP contribution >= 0.6 is 11.8 Å². The van der Waals surface area contributed by atoms with Gasteiger partial charge in [0, 0.05) is 22.7 Å². The van der Waals surface area contributed by atoms with Gasteiger partial charge in [0.25, 0.3) is 5.91 Å². The molecule has 1 aliphatic heterocycles. The van der Waals surface area contributed by atoms with Crippen molar-refractivity contribution >= 4 is 23.4 Å². The molecular weight excluding hydrogens is 378 g/mol. The third-order valence-corrected chi connectivity index (χ3v) is 6.28. The minimum atomic E-state index is -0.864. The first-order chi connectivity index (χ1) is 13.6. The Morgan fingerprint density at radius 3 is 2.68 bits per heavy atom. The van der Waals surface area contributed by atoms with Gasteiger partial charge in [0.2, 0.25) is 0 Å². The van der Waals surface area contributed by atoms with Gasteiger partial charge in [0.15, 0.2) is 11.6 Å². The number of carbonyl (C=O) groups excluding carboxylic acids is 1. The molecule has 1 heterocycles. The maximum absolute atomic E-state index is 14.2. The summed E-state index contributed by atoms with van der Waals surface area (Å²) in [5, 5.41) is 3.14. The van der Waals surface area contributed by atoms with Crippen molar-refractivity contribution in [2.75, 3.05) is 4.90 Å². The highest BCUT2D eigenvalue weighted by atomic mass is 32.2. The van der Waals surface area contributed by atoms with Gasteiger partial charge in [0.1, 0.15) is 0 Å². The number of para-hydroxylation sites is 1. The average molecular weight is 400 g/mol. The molecule has 1 saturated carbocycles. The molecular formula is C22H22F2N2OS. The SMILES string of the molecule is O=C(NC1CCCCC1)C1=CN(Cc2cccc(F)c2F)c2ccccc2S1. The number of fused-ring (bicyclic) bond motifs is 1. The lowest BCUT2D eigenvalue weighted by atomic mass is 9.95. The van der Waals surface area contributed by atoms with Crippen LogP contribution in [-0.4, -0.2) is 11.9 Å². The van der Waals surface area contributed by atoms with E-state index in [2.05, 4.69) is 5.32 Å². The second-order valence-corrected chi connectivity index (χ2v) is 8.30. The van der Waals surface area contributed by atoms with Crippen LogP contribution < -0.4 is 10.2 Å². The van der Waals surface area contributed by atoms with Crippen LogP contribution in [-0.2, 0) is 11.3 Å². The Bertz CT molecular complexity index is 909. The number of benzene rings is 2. The quantitative estimate of drug-likeness (QED) is 0.749. The van der Waals surface area contributed by atoms with Crippen LogP contribution in [0.15, 0.2) is 58.5 Å². The van der Waals surface area contributed by atoms with Crippen molar-refractivity contribution in [2.24, 2.45) is 0 Å². The molecule has 0 spiro atoms. The van der Waals surface area contributed by atoms with Crippen LogP contribution in [0.3, 0.4) is 0 Å². The van der Waals surface area contributed by atoms with Gasteiger partial charge in [-0.05, 0) is 31.0 Å². The number of hydrogen-bond donors (Lipinski definition) is 1. The topological polar surface area (TPSA) is 32.3 Å². The van der Waals surface area contributed by atoms with Crippen LogP contribution in [0.4, 0.5) is 14.5 Å². The van der Waals surface area contributed by atoms with Crippen molar-refractivity contribution in [3.05, 3.63) is 70.8 Å². The highest BCUT2D eigenvalue weighted by Crippen LogP contribution is 2.41. The fraction of sp³-hybridized carbons (Fsp3) is 0.318. The molecule has 2 aromatic rings. The number of thioether (sulfide) groups is 1. The molecule has 0 unspecified atom stereocenters. The molecule has 1 fully saturated rings. The molecule has 2 aromatic carbocycles. The molecule has 3 nitrogen and oxygen atoms in total. The fourth-order valence-corrected chi connectivity index (χ4v) is 4.73. The lowest BCUT2D eigenvalue weighted by molar-refractivity contribution is -0.117. The van der Waals surface area contributed by atoms with Crippen molar-refractivity contribution in [3.63, 3.8) is 0 Å². The standard InChI is InChI=1S/C22H22F2N2OS/c23-17-10-6-7-15(21(17)24)13-26-14-20(28-19-12-5-4-11-18(19)26)22(27)25-16-8-2-1-3-9-16/h4-7,10-12,14,16H,1-3,8-9,13H2,(H,25,27). The van der Waals surface area contributed by atoms with Crippen molar-refractivity contribution in [1.29, 1.82) is 0 Å². The van der Waals surface area contributed by atoms with Gasteiger partial charge >= 0.3 is 0 Å². The summed E-state index contributed by atoms with van der Waals surface area (Å²) in [6, 6.07) is 12.1. The van der Waals surface area contributed by atoms with Crippen molar-refractivity contribution in [3.8, 4) is 0 Å². The number of halogens is 2. The predicted octanol–water partition coefficient (Wildman–Crippen LogP) is 5.37. The summed E-state index contributed by atoms with van der Waals surface area (Å²) < 4.78 is 27.8. The third-order valence-electron chi connectivity index (χ3n) is 5.20. The highest BCUT2D eigenvalue weighted by Gasteiger charge is 2.25. The Labute approximate surface area is 167 Å². The maximum atomic E-state index is 14.2. The Morgan fingerprint density at radius 1 is 1.07 bits per heavy atom. The number of nitrogens with one attached hydrogen (secondary N) is 1. The second-order valence-electron chi connectivity index (χ2n) is 7.21. The lowest BCUT2D eigenvalue weighted by Crippen LogP contribution is -2.37. The van der Waals surface area contributed by atoms with Gasteiger partial charge in [-0.1, -0.05) is 55.3 Å². The number of hydrogen-bond acceptors (Lipinski definition) is 3. The molecule has 1 aliphatic carbocycles. The Hall–Kier alpha value is -2.34. The first-order valence-electron chi connectivity index (χ1n) is 9.61. The molecule has 0 radical (unpaired) electrons. The van der Waals surface area contributed by atoms with E-state index in [-0.39, 0.29) is 24.1 Å². The molecule has 28 heavy (non-hydrogen) atoms. The van der Waals surface area contributed by atoms with Gasteiger partial charge in [0.05, 0.1) is 17.1 Å². The first-order valence-corrected chi connectivity index (χ1v) is 10.4. The summed E-state index contributed by atoms with van der Waals surface area (Å²) >= 11 is 1.41. The number of amides is 1. The zero-order valence-corrected chi connectivity index (χ0v) is 16.3. The fourth-order valence-electron chi connectivity index (χ4n) is 3.73. The van der Waals surface area contributed by atoms with Crippen LogP contribution in [0, 0.1) is 11.6 Å². The Kier molecular flexibility index (Phi) is 5.67. The molecule has 146 valence electrons. The lowest BCUT2D eigenvalue weighted by Gasteiger charge is -2.30. The molecule has 0 bridgehead atoms. The van der Waals surface area contributed by atoms with Crippen LogP contribution in [0.25, 0.3) is 0 Å². The van der Waals surface area contributed by atoms with Crippen molar-refractivity contribution in [2.45, 2.75) is 49.6 Å². The van der Waals surface area contributed by atoms with Crippen LogP contribution in [0.2, 0.25) is 0 Å². The molecule has 2 aliphatic rings. The Balaban J connectivity index is 1.59. The van der Waals surface area contributed by atoms with Gasteiger partial charge in [-0.15, -0.1) is 0 Å². The molecule has 0 saturated heterocycles. The van der Waals surface area contributed by atoms with E-state index in [4.69, 9.17) is 0 Å². The molecule has 4 rings (SSSR count). The van der Waals surface area contributed by atoms with E-state index in [0.29, 0.717) is 4.91 Å². The van der Waals surface area contributed by atoms with E-state index in [1.807, 2.05) is 29.2 Å². The number of carbonyl (C=O) groups is 1. The summed E-state index contributed by atoms with van der Waals surface area (Å²) in [4.78, 5) is 16.2. The summed E-state index contributed by atoms with van der Waals surface area (Å²) in [6.45, 7) is 0.154. The van der Waals surface area contributed by atoms with Gasteiger partial charge < -0.3 is 10.2 Å². The summed E-state index contributed by atoms with van der Waals surface area (Å²) in [6.07, 6.45) is 7.28. The first kappa shape index (κ1) is 19.0. The van der Waals surface area contributed by atoms with E-state index in [1.54, 1.807) is 12.3 Å².